The highest BCUT2D eigenvalue weighted by Gasteiger charge is 2.44. The standard InChI is InChI=1S/C26H29NO3S2/c1-16(2)19-12-20-23(31-15-27-20)13-22(19)32-24-21(28)14-26(17(3)4,30-25(24)29)11-10-18-8-6-5-7-9-18/h5-9,12-13,15-17,28H,10-11,14H2,1-4H3/t26-/m0/s1. The van der Waals surface area contributed by atoms with E-state index in [0.717, 1.165) is 27.1 Å². The third kappa shape index (κ3) is 4.57. The minimum atomic E-state index is -0.705. The van der Waals surface area contributed by atoms with E-state index >= 15 is 0 Å². The maximum absolute atomic E-state index is 13.2. The van der Waals surface area contributed by atoms with E-state index < -0.39 is 11.6 Å². The Labute approximate surface area is 197 Å². The number of aliphatic hydroxyl groups is 1. The molecular weight excluding hydrogens is 438 g/mol. The number of ether oxygens (including phenoxy) is 1. The van der Waals surface area contributed by atoms with Gasteiger partial charge in [0.1, 0.15) is 16.3 Å². The van der Waals surface area contributed by atoms with E-state index in [4.69, 9.17) is 4.74 Å². The van der Waals surface area contributed by atoms with Gasteiger partial charge in [-0.1, -0.05) is 69.8 Å². The van der Waals surface area contributed by atoms with Crippen LogP contribution in [0.2, 0.25) is 0 Å². The molecule has 0 fully saturated rings. The molecule has 0 aliphatic carbocycles. The lowest BCUT2D eigenvalue weighted by Crippen LogP contribution is -2.44. The summed E-state index contributed by atoms with van der Waals surface area (Å²) in [5.41, 5.74) is 4.41. The van der Waals surface area contributed by atoms with Gasteiger partial charge in [0.2, 0.25) is 0 Å². The predicted octanol–water partition coefficient (Wildman–Crippen LogP) is 7.26. The molecule has 1 atom stereocenters. The largest absolute Gasteiger partial charge is 0.511 e. The van der Waals surface area contributed by atoms with Crippen molar-refractivity contribution in [2.24, 2.45) is 5.92 Å². The van der Waals surface area contributed by atoms with Gasteiger partial charge >= 0.3 is 5.97 Å². The Morgan fingerprint density at radius 1 is 1.19 bits per heavy atom. The number of hydrogen-bond donors (Lipinski definition) is 1. The second-order valence-corrected chi connectivity index (χ2v) is 11.0. The number of aromatic nitrogens is 1. The number of esters is 1. The van der Waals surface area contributed by atoms with Crippen LogP contribution in [-0.4, -0.2) is 21.7 Å². The van der Waals surface area contributed by atoms with E-state index in [1.54, 1.807) is 11.3 Å². The molecule has 32 heavy (non-hydrogen) atoms. The molecule has 2 aromatic carbocycles. The number of aryl methyl sites for hydroxylation is 1. The van der Waals surface area contributed by atoms with Crippen molar-refractivity contribution < 1.29 is 14.6 Å². The molecule has 1 N–H and O–H groups in total. The summed E-state index contributed by atoms with van der Waals surface area (Å²) >= 11 is 2.89. The van der Waals surface area contributed by atoms with Crippen LogP contribution in [0.1, 0.15) is 57.6 Å². The minimum absolute atomic E-state index is 0.0867. The van der Waals surface area contributed by atoms with Crippen LogP contribution in [0.15, 0.2) is 63.5 Å². The molecule has 0 spiro atoms. The van der Waals surface area contributed by atoms with Crippen LogP contribution in [0.4, 0.5) is 0 Å². The first-order valence-corrected chi connectivity index (χ1v) is 12.7. The highest BCUT2D eigenvalue weighted by atomic mass is 32.2. The number of hydrogen-bond acceptors (Lipinski definition) is 6. The average Bonchev–Trinajstić information content (AvgIpc) is 3.22. The summed E-state index contributed by atoms with van der Waals surface area (Å²) in [6, 6.07) is 14.3. The zero-order valence-corrected chi connectivity index (χ0v) is 20.6. The predicted molar refractivity (Wildman–Crippen MR) is 132 cm³/mol. The Hall–Kier alpha value is -2.31. The van der Waals surface area contributed by atoms with Gasteiger partial charge in [0.15, 0.2) is 0 Å². The van der Waals surface area contributed by atoms with Crippen molar-refractivity contribution in [3.63, 3.8) is 0 Å². The molecule has 1 aromatic heterocycles. The second-order valence-electron chi connectivity index (χ2n) is 9.01. The lowest BCUT2D eigenvalue weighted by atomic mass is 9.80. The summed E-state index contributed by atoms with van der Waals surface area (Å²) in [7, 11) is 0. The van der Waals surface area contributed by atoms with E-state index in [9.17, 15) is 9.90 Å². The number of fused-ring (bicyclic) bond motifs is 1. The molecule has 0 saturated heterocycles. The number of benzene rings is 2. The molecular formula is C26H29NO3S2. The lowest BCUT2D eigenvalue weighted by Gasteiger charge is -2.40. The molecule has 0 bridgehead atoms. The molecule has 2 heterocycles. The number of cyclic esters (lactones) is 1. The minimum Gasteiger partial charge on any atom is -0.511 e. The van der Waals surface area contributed by atoms with Crippen LogP contribution in [0.3, 0.4) is 0 Å². The van der Waals surface area contributed by atoms with Gasteiger partial charge in [0.25, 0.3) is 0 Å². The summed E-state index contributed by atoms with van der Waals surface area (Å²) in [5.74, 6) is 0.0574. The van der Waals surface area contributed by atoms with E-state index in [1.165, 1.54) is 17.3 Å². The molecule has 1 aliphatic heterocycles. The van der Waals surface area contributed by atoms with Gasteiger partial charge in [-0.2, -0.15) is 0 Å². The van der Waals surface area contributed by atoms with Crippen molar-refractivity contribution in [2.45, 2.75) is 63.4 Å². The highest BCUT2D eigenvalue weighted by molar-refractivity contribution is 8.04. The van der Waals surface area contributed by atoms with E-state index in [0.29, 0.717) is 17.7 Å². The SMILES string of the molecule is CC(C)c1cc2ncsc2cc1SC1=C(O)C[C@@](CCc2ccccc2)(C(C)C)OC1=O. The monoisotopic (exact) mass is 467 g/mol. The van der Waals surface area contributed by atoms with Gasteiger partial charge in [-0.05, 0) is 47.9 Å². The highest BCUT2D eigenvalue weighted by Crippen LogP contribution is 2.45. The molecule has 3 aromatic rings. The van der Waals surface area contributed by atoms with Crippen LogP contribution >= 0.6 is 23.1 Å². The first-order chi connectivity index (χ1) is 15.3. The van der Waals surface area contributed by atoms with Crippen molar-refractivity contribution in [2.75, 3.05) is 0 Å². The third-order valence-corrected chi connectivity index (χ3v) is 8.21. The van der Waals surface area contributed by atoms with Crippen molar-refractivity contribution in [1.29, 1.82) is 0 Å². The lowest BCUT2D eigenvalue weighted by molar-refractivity contribution is -0.164. The number of thiazole rings is 1. The molecule has 4 rings (SSSR count). The van der Waals surface area contributed by atoms with Gasteiger partial charge in [-0.25, -0.2) is 9.78 Å². The van der Waals surface area contributed by atoms with Gasteiger partial charge < -0.3 is 9.84 Å². The van der Waals surface area contributed by atoms with Crippen molar-refractivity contribution in [1.82, 2.24) is 4.98 Å². The smallest absolute Gasteiger partial charge is 0.349 e. The molecule has 0 unspecified atom stereocenters. The Morgan fingerprint density at radius 3 is 2.59 bits per heavy atom. The Bertz CT molecular complexity index is 1150. The maximum atomic E-state index is 13.2. The molecule has 1 aliphatic rings. The van der Waals surface area contributed by atoms with E-state index in [-0.39, 0.29) is 17.6 Å². The number of carbonyl (C=O) groups is 1. The molecule has 0 saturated carbocycles. The fraction of sp³-hybridized carbons (Fsp3) is 0.385. The van der Waals surface area contributed by atoms with Crippen LogP contribution in [0, 0.1) is 5.92 Å². The average molecular weight is 468 g/mol. The number of nitrogens with zero attached hydrogens (tertiary/aromatic N) is 1. The summed E-state index contributed by atoms with van der Waals surface area (Å²) in [5, 5.41) is 11.0. The Kier molecular flexibility index (Phi) is 6.63. The van der Waals surface area contributed by atoms with Gasteiger partial charge in [-0.3, -0.25) is 0 Å². The zero-order valence-electron chi connectivity index (χ0n) is 18.9. The number of thioether (sulfide) groups is 1. The summed E-state index contributed by atoms with van der Waals surface area (Å²) in [4.78, 5) is 18.9. The van der Waals surface area contributed by atoms with E-state index in [2.05, 4.69) is 56.9 Å². The molecule has 6 heteroatoms. The van der Waals surface area contributed by atoms with Crippen LogP contribution in [0.25, 0.3) is 10.2 Å². The topological polar surface area (TPSA) is 59.4 Å². The molecule has 4 nitrogen and oxygen atoms in total. The Morgan fingerprint density at radius 2 is 1.94 bits per heavy atom. The quantitative estimate of drug-likeness (QED) is 0.371. The van der Waals surface area contributed by atoms with Crippen LogP contribution in [0.5, 0.6) is 0 Å². The first kappa shape index (κ1) is 22.9. The van der Waals surface area contributed by atoms with Gasteiger partial charge in [-0.15, -0.1) is 11.3 Å². The Balaban J connectivity index is 1.62. The fourth-order valence-corrected chi connectivity index (χ4v) is 6.05. The normalized spacial score (nSPS) is 19.2. The maximum Gasteiger partial charge on any atom is 0.349 e. The fourth-order valence-electron chi connectivity index (χ4n) is 4.15. The van der Waals surface area contributed by atoms with Crippen molar-refractivity contribution >= 4 is 39.3 Å². The van der Waals surface area contributed by atoms with Crippen LogP contribution < -0.4 is 0 Å². The van der Waals surface area contributed by atoms with Crippen molar-refractivity contribution in [3.05, 3.63) is 69.8 Å². The molecule has 0 radical (unpaired) electrons. The van der Waals surface area contributed by atoms with E-state index in [1.807, 2.05) is 23.7 Å². The summed E-state index contributed by atoms with van der Waals surface area (Å²) in [6.07, 6.45) is 1.81. The van der Waals surface area contributed by atoms with Gasteiger partial charge in [0.05, 0.1) is 15.7 Å². The zero-order chi connectivity index (χ0) is 22.9. The summed E-state index contributed by atoms with van der Waals surface area (Å²) in [6.45, 7) is 8.35. The number of carbonyl (C=O) groups excluding carboxylic acids is 1. The first-order valence-electron chi connectivity index (χ1n) is 11.0. The van der Waals surface area contributed by atoms with Gasteiger partial charge in [0, 0.05) is 11.3 Å². The number of aliphatic hydroxyl groups excluding tert-OH is 1. The molecule has 168 valence electrons. The van der Waals surface area contributed by atoms with Crippen molar-refractivity contribution in [3.8, 4) is 0 Å². The molecule has 0 amide bonds. The summed E-state index contributed by atoms with van der Waals surface area (Å²) < 4.78 is 7.17. The second kappa shape index (κ2) is 9.28. The van der Waals surface area contributed by atoms with Crippen LogP contribution in [-0.2, 0) is 16.0 Å². The third-order valence-electron chi connectivity index (χ3n) is 6.24. The number of rotatable bonds is 7.